The first-order chi connectivity index (χ1) is 12.6. The van der Waals surface area contributed by atoms with Crippen molar-refractivity contribution in [2.24, 2.45) is 0 Å². The molecule has 0 atom stereocenters. The van der Waals surface area contributed by atoms with Gasteiger partial charge in [0.2, 0.25) is 0 Å². The van der Waals surface area contributed by atoms with Crippen LogP contribution < -0.4 is 4.74 Å². The van der Waals surface area contributed by atoms with Crippen LogP contribution in [0.4, 0.5) is 0 Å². The van der Waals surface area contributed by atoms with Crippen molar-refractivity contribution in [3.63, 3.8) is 0 Å². The maximum absolute atomic E-state index is 12.5. The van der Waals surface area contributed by atoms with Crippen LogP contribution in [0, 0.1) is 0 Å². The highest BCUT2D eigenvalue weighted by molar-refractivity contribution is 7.86. The SMILES string of the molecule is O=S(=O)(N1CCOCC1)N1CC(n2cc(COc3ccccc3)nn2)C1. The zero-order chi connectivity index (χ0) is 18.0. The number of hydrogen-bond donors (Lipinski definition) is 0. The molecular formula is C16H21N5O4S. The van der Waals surface area contributed by atoms with Crippen molar-refractivity contribution in [3.05, 3.63) is 42.2 Å². The largest absolute Gasteiger partial charge is 0.487 e. The fourth-order valence-corrected chi connectivity index (χ4v) is 4.60. The summed E-state index contributed by atoms with van der Waals surface area (Å²) in [5.41, 5.74) is 0.711. The Morgan fingerprint density at radius 3 is 2.58 bits per heavy atom. The van der Waals surface area contributed by atoms with Gasteiger partial charge in [0.25, 0.3) is 10.2 Å². The third kappa shape index (κ3) is 3.58. The van der Waals surface area contributed by atoms with Crippen LogP contribution in [0.5, 0.6) is 5.75 Å². The van der Waals surface area contributed by atoms with Gasteiger partial charge in [0.05, 0.1) is 25.5 Å². The van der Waals surface area contributed by atoms with E-state index in [1.54, 1.807) is 4.68 Å². The number of para-hydroxylation sites is 1. The van der Waals surface area contributed by atoms with Gasteiger partial charge in [-0.05, 0) is 12.1 Å². The van der Waals surface area contributed by atoms with Crippen LogP contribution in [-0.4, -0.2) is 71.4 Å². The maximum Gasteiger partial charge on any atom is 0.282 e. The van der Waals surface area contributed by atoms with Crippen molar-refractivity contribution in [1.29, 1.82) is 0 Å². The third-order valence-corrected chi connectivity index (χ3v) is 6.48. The molecule has 2 aromatic rings. The Bertz CT molecular complexity index is 829. The number of benzene rings is 1. The first-order valence-electron chi connectivity index (χ1n) is 8.54. The zero-order valence-electron chi connectivity index (χ0n) is 14.3. The standard InChI is InChI=1S/C16H21N5O4S/c22-26(23,19-6-8-24-9-7-19)20-11-15(12-20)21-10-14(17-18-21)13-25-16-4-2-1-3-5-16/h1-5,10,15H,6-9,11-13H2. The van der Waals surface area contributed by atoms with E-state index in [9.17, 15) is 8.42 Å². The minimum atomic E-state index is -3.41. The van der Waals surface area contributed by atoms with Crippen molar-refractivity contribution in [1.82, 2.24) is 23.6 Å². The molecule has 10 heteroatoms. The van der Waals surface area contributed by atoms with Gasteiger partial charge >= 0.3 is 0 Å². The summed E-state index contributed by atoms with van der Waals surface area (Å²) in [5.74, 6) is 0.772. The van der Waals surface area contributed by atoms with Crippen LogP contribution in [0.15, 0.2) is 36.5 Å². The highest BCUT2D eigenvalue weighted by atomic mass is 32.2. The van der Waals surface area contributed by atoms with Gasteiger partial charge in [-0.3, -0.25) is 0 Å². The molecule has 2 fully saturated rings. The molecule has 2 saturated heterocycles. The first-order valence-corrected chi connectivity index (χ1v) is 9.94. The van der Waals surface area contributed by atoms with Crippen molar-refractivity contribution >= 4 is 10.2 Å². The number of aromatic nitrogens is 3. The van der Waals surface area contributed by atoms with E-state index >= 15 is 0 Å². The molecule has 1 aromatic carbocycles. The van der Waals surface area contributed by atoms with Crippen LogP contribution in [0.1, 0.15) is 11.7 Å². The Balaban J connectivity index is 1.31. The van der Waals surface area contributed by atoms with Crippen molar-refractivity contribution in [3.8, 4) is 5.75 Å². The summed E-state index contributed by atoms with van der Waals surface area (Å²) in [4.78, 5) is 0. The molecule has 140 valence electrons. The van der Waals surface area contributed by atoms with Gasteiger partial charge in [0.15, 0.2) is 0 Å². The first kappa shape index (κ1) is 17.4. The molecule has 1 aromatic heterocycles. The molecule has 0 unspecified atom stereocenters. The number of ether oxygens (including phenoxy) is 2. The van der Waals surface area contributed by atoms with E-state index in [2.05, 4.69) is 10.3 Å². The summed E-state index contributed by atoms with van der Waals surface area (Å²) in [7, 11) is -3.41. The van der Waals surface area contributed by atoms with E-state index in [1.807, 2.05) is 36.5 Å². The smallest absolute Gasteiger partial charge is 0.282 e. The van der Waals surface area contributed by atoms with Crippen LogP contribution in [0.25, 0.3) is 0 Å². The maximum atomic E-state index is 12.5. The number of hydrogen-bond acceptors (Lipinski definition) is 6. The van der Waals surface area contributed by atoms with Gasteiger partial charge in [0, 0.05) is 26.2 Å². The average molecular weight is 379 g/mol. The topological polar surface area (TPSA) is 89.8 Å². The van der Waals surface area contributed by atoms with E-state index in [1.165, 1.54) is 8.61 Å². The van der Waals surface area contributed by atoms with Crippen LogP contribution in [0.2, 0.25) is 0 Å². The summed E-state index contributed by atoms with van der Waals surface area (Å²) in [6, 6.07) is 9.50. The summed E-state index contributed by atoms with van der Waals surface area (Å²) in [6.45, 7) is 2.85. The van der Waals surface area contributed by atoms with Gasteiger partial charge in [-0.25, -0.2) is 4.68 Å². The molecule has 4 rings (SSSR count). The van der Waals surface area contributed by atoms with Crippen LogP contribution in [-0.2, 0) is 21.6 Å². The van der Waals surface area contributed by atoms with E-state index < -0.39 is 10.2 Å². The van der Waals surface area contributed by atoms with Gasteiger partial charge in [0.1, 0.15) is 18.1 Å². The van der Waals surface area contributed by atoms with E-state index in [0.717, 1.165) is 5.75 Å². The van der Waals surface area contributed by atoms with Crippen LogP contribution in [0.3, 0.4) is 0 Å². The lowest BCUT2D eigenvalue weighted by Crippen LogP contribution is -2.57. The lowest BCUT2D eigenvalue weighted by atomic mass is 10.2. The molecule has 2 aliphatic heterocycles. The predicted molar refractivity (Wildman–Crippen MR) is 92.7 cm³/mol. The molecule has 0 N–H and O–H groups in total. The summed E-state index contributed by atoms with van der Waals surface area (Å²) >= 11 is 0. The Morgan fingerprint density at radius 1 is 1.12 bits per heavy atom. The minimum absolute atomic E-state index is 0.00351. The van der Waals surface area contributed by atoms with Crippen molar-refractivity contribution in [2.45, 2.75) is 12.6 Å². The Morgan fingerprint density at radius 2 is 1.85 bits per heavy atom. The lowest BCUT2D eigenvalue weighted by Gasteiger charge is -2.41. The van der Waals surface area contributed by atoms with E-state index in [0.29, 0.717) is 51.7 Å². The fourth-order valence-electron chi connectivity index (χ4n) is 2.94. The molecule has 0 spiro atoms. The van der Waals surface area contributed by atoms with Gasteiger partial charge in [-0.2, -0.15) is 17.0 Å². The van der Waals surface area contributed by atoms with Crippen molar-refractivity contribution < 1.29 is 17.9 Å². The predicted octanol–water partition coefficient (Wildman–Crippen LogP) is 0.291. The van der Waals surface area contributed by atoms with Gasteiger partial charge in [-0.15, -0.1) is 5.10 Å². The van der Waals surface area contributed by atoms with Crippen LogP contribution >= 0.6 is 0 Å². The molecule has 2 aliphatic rings. The summed E-state index contributed by atoms with van der Waals surface area (Å²) in [5, 5.41) is 8.22. The molecule has 0 amide bonds. The quantitative estimate of drug-likeness (QED) is 0.717. The Kier molecular flexibility index (Phi) is 4.90. The van der Waals surface area contributed by atoms with E-state index in [4.69, 9.17) is 9.47 Å². The van der Waals surface area contributed by atoms with Gasteiger partial charge in [-0.1, -0.05) is 23.4 Å². The molecule has 3 heterocycles. The zero-order valence-corrected chi connectivity index (χ0v) is 15.1. The molecule has 26 heavy (non-hydrogen) atoms. The second-order valence-corrected chi connectivity index (χ2v) is 8.21. The minimum Gasteiger partial charge on any atom is -0.487 e. The van der Waals surface area contributed by atoms with Crippen molar-refractivity contribution in [2.75, 3.05) is 39.4 Å². The molecule has 0 saturated carbocycles. The average Bonchev–Trinajstić information content (AvgIpc) is 3.09. The summed E-state index contributed by atoms with van der Waals surface area (Å²) < 4.78 is 40.6. The normalized spacial score (nSPS) is 20.0. The van der Waals surface area contributed by atoms with E-state index in [-0.39, 0.29) is 6.04 Å². The third-order valence-electron chi connectivity index (χ3n) is 4.51. The number of morpholine rings is 1. The van der Waals surface area contributed by atoms with Gasteiger partial charge < -0.3 is 9.47 Å². The highest BCUT2D eigenvalue weighted by Gasteiger charge is 2.41. The summed E-state index contributed by atoms with van der Waals surface area (Å²) in [6.07, 6.45) is 1.81. The highest BCUT2D eigenvalue weighted by Crippen LogP contribution is 2.26. The Labute approximate surface area is 152 Å². The molecule has 0 bridgehead atoms. The lowest BCUT2D eigenvalue weighted by molar-refractivity contribution is 0.0662. The Hall–Kier alpha value is -2.01. The second-order valence-electron chi connectivity index (χ2n) is 6.28. The second kappa shape index (κ2) is 7.31. The number of rotatable bonds is 6. The monoisotopic (exact) mass is 379 g/mol. The fraction of sp³-hybridized carbons (Fsp3) is 0.500. The number of nitrogens with zero attached hydrogens (tertiary/aromatic N) is 5. The molecule has 0 aliphatic carbocycles. The molecular weight excluding hydrogens is 358 g/mol. The molecule has 0 radical (unpaired) electrons. The molecule has 9 nitrogen and oxygen atoms in total.